The number of quaternary nitrogens is 1. The summed E-state index contributed by atoms with van der Waals surface area (Å²) in [7, 11) is -6.09. The van der Waals surface area contributed by atoms with Crippen molar-refractivity contribution in [2.24, 2.45) is 5.92 Å². The Morgan fingerprint density at radius 3 is 2.21 bits per heavy atom. The molecule has 1 rings (SSSR count). The van der Waals surface area contributed by atoms with Crippen LogP contribution in [-0.4, -0.2) is 38.1 Å². The number of halogens is 3. The van der Waals surface area contributed by atoms with Gasteiger partial charge in [-0.25, -0.2) is 8.42 Å². The van der Waals surface area contributed by atoms with E-state index >= 15 is 0 Å². The van der Waals surface area contributed by atoms with E-state index in [2.05, 4.69) is 13.8 Å². The maximum absolute atomic E-state index is 10.7. The number of hydrogen-bond donors (Lipinski definition) is 1. The molecule has 1 N–H and O–H groups in total. The molecule has 0 aliphatic carbocycles. The van der Waals surface area contributed by atoms with Crippen LogP contribution < -0.4 is 4.90 Å². The molecule has 0 aromatic heterocycles. The van der Waals surface area contributed by atoms with E-state index in [9.17, 15) is 13.2 Å². The summed E-state index contributed by atoms with van der Waals surface area (Å²) in [6.45, 7) is 8.82. The molecule has 0 bridgehead atoms. The van der Waals surface area contributed by atoms with Gasteiger partial charge in [0, 0.05) is 5.92 Å². The van der Waals surface area contributed by atoms with Crippen LogP contribution >= 0.6 is 0 Å². The lowest BCUT2D eigenvalue weighted by Crippen LogP contribution is -3.13. The van der Waals surface area contributed by atoms with E-state index in [4.69, 9.17) is 13.0 Å². The molecule has 2 unspecified atom stereocenters. The molecule has 0 spiro atoms. The van der Waals surface area contributed by atoms with E-state index in [1.54, 1.807) is 0 Å². The van der Waals surface area contributed by atoms with Crippen molar-refractivity contribution >= 4 is 10.1 Å². The normalized spacial score (nSPS) is 24.5. The lowest BCUT2D eigenvalue weighted by Gasteiger charge is -2.28. The monoisotopic (exact) mass is 305 g/mol. The van der Waals surface area contributed by atoms with Gasteiger partial charge < -0.3 is 9.45 Å². The van der Waals surface area contributed by atoms with Crippen molar-refractivity contribution in [1.82, 2.24) is 0 Å². The lowest BCUT2D eigenvalue weighted by molar-refractivity contribution is -0.907. The number of likely N-dealkylation sites (tertiary alicyclic amines) is 1. The van der Waals surface area contributed by atoms with Gasteiger partial charge in [-0.3, -0.25) is 0 Å². The number of nitrogens with one attached hydrogen (secondary N) is 1. The van der Waals surface area contributed by atoms with Gasteiger partial charge in [0.1, 0.15) is 0 Å². The Kier molecular flexibility index (Phi) is 7.92. The highest BCUT2D eigenvalue weighted by Gasteiger charge is 2.36. The van der Waals surface area contributed by atoms with E-state index < -0.39 is 15.6 Å². The van der Waals surface area contributed by atoms with Crippen LogP contribution in [0.25, 0.3) is 0 Å². The van der Waals surface area contributed by atoms with E-state index in [1.807, 2.05) is 4.90 Å². The first-order valence-corrected chi connectivity index (χ1v) is 7.88. The third kappa shape index (κ3) is 7.74. The molecule has 19 heavy (non-hydrogen) atoms. The molecule has 4 nitrogen and oxygen atoms in total. The van der Waals surface area contributed by atoms with Crippen molar-refractivity contribution in [2.75, 3.05) is 19.6 Å². The molecule has 0 saturated carbocycles. The first-order valence-electron chi connectivity index (χ1n) is 6.47. The Morgan fingerprint density at radius 1 is 1.32 bits per heavy atom. The van der Waals surface area contributed by atoms with Crippen molar-refractivity contribution < 1.29 is 31.0 Å². The van der Waals surface area contributed by atoms with Gasteiger partial charge in [0.25, 0.3) is 0 Å². The average Bonchev–Trinajstić information content (AvgIpc) is 2.28. The molecule has 1 fully saturated rings. The fourth-order valence-electron chi connectivity index (χ4n) is 2.23. The van der Waals surface area contributed by atoms with Gasteiger partial charge in [0.05, 0.1) is 19.6 Å². The molecule has 0 aromatic rings. The second-order valence-electron chi connectivity index (χ2n) is 4.75. The fourth-order valence-corrected chi connectivity index (χ4v) is 2.23. The van der Waals surface area contributed by atoms with Crippen LogP contribution in [0.4, 0.5) is 13.2 Å². The number of rotatable bonds is 3. The molecule has 1 saturated heterocycles. The Morgan fingerprint density at radius 2 is 1.84 bits per heavy atom. The van der Waals surface area contributed by atoms with Crippen molar-refractivity contribution in [2.45, 2.75) is 45.0 Å². The number of alkyl halides is 3. The summed E-state index contributed by atoms with van der Waals surface area (Å²) in [4.78, 5) is 1.83. The Bertz CT molecular complexity index is 342. The van der Waals surface area contributed by atoms with Crippen LogP contribution in [0, 0.1) is 5.92 Å². The van der Waals surface area contributed by atoms with Gasteiger partial charge in [0.2, 0.25) is 0 Å². The summed E-state index contributed by atoms with van der Waals surface area (Å²) < 4.78 is 58.9. The molecule has 1 heterocycles. The SMILES string of the molecule is CCCC1CCC[NH+](CC)C1.O=S(=O)([O-])C(F)(F)F. The van der Waals surface area contributed by atoms with Gasteiger partial charge in [0.15, 0.2) is 10.1 Å². The van der Waals surface area contributed by atoms with E-state index in [1.165, 1.54) is 45.3 Å². The average molecular weight is 305 g/mol. The second-order valence-corrected chi connectivity index (χ2v) is 6.13. The number of piperidine rings is 1. The van der Waals surface area contributed by atoms with Crippen LogP contribution in [0.5, 0.6) is 0 Å². The quantitative estimate of drug-likeness (QED) is 0.628. The predicted molar refractivity (Wildman–Crippen MR) is 64.6 cm³/mol. The molecule has 8 heteroatoms. The largest absolute Gasteiger partial charge is 0.741 e. The molecular formula is C11H22F3NO3S. The second kappa shape index (κ2) is 8.06. The molecule has 1 aliphatic rings. The van der Waals surface area contributed by atoms with Gasteiger partial charge in [-0.05, 0) is 26.2 Å². The summed E-state index contributed by atoms with van der Waals surface area (Å²) in [5.41, 5.74) is -5.65. The van der Waals surface area contributed by atoms with Gasteiger partial charge in [-0.15, -0.1) is 0 Å². The summed E-state index contributed by atoms with van der Waals surface area (Å²) in [6, 6.07) is 0. The zero-order valence-electron chi connectivity index (χ0n) is 11.3. The van der Waals surface area contributed by atoms with E-state index in [0.717, 1.165) is 5.92 Å². The maximum atomic E-state index is 10.7. The van der Waals surface area contributed by atoms with Crippen molar-refractivity contribution in [3.05, 3.63) is 0 Å². The van der Waals surface area contributed by atoms with Gasteiger partial charge >= 0.3 is 5.51 Å². The fraction of sp³-hybridized carbons (Fsp3) is 1.00. The lowest BCUT2D eigenvalue weighted by atomic mass is 9.94. The summed E-state index contributed by atoms with van der Waals surface area (Å²) in [5, 5.41) is 0. The minimum absolute atomic E-state index is 1.05. The molecule has 2 atom stereocenters. The summed E-state index contributed by atoms with van der Waals surface area (Å²) in [6.07, 6.45) is 5.80. The highest BCUT2D eigenvalue weighted by molar-refractivity contribution is 7.86. The Balaban J connectivity index is 0.000000362. The zero-order chi connectivity index (χ0) is 15.1. The Labute approximate surface area is 112 Å². The molecule has 0 radical (unpaired) electrons. The third-order valence-electron chi connectivity index (χ3n) is 3.20. The van der Waals surface area contributed by atoms with Gasteiger partial charge in [-0.1, -0.05) is 13.3 Å². The molecule has 1 aliphatic heterocycles. The van der Waals surface area contributed by atoms with Crippen molar-refractivity contribution in [3.63, 3.8) is 0 Å². The topological polar surface area (TPSA) is 61.6 Å². The summed E-state index contributed by atoms with van der Waals surface area (Å²) >= 11 is 0. The maximum Gasteiger partial charge on any atom is 0.485 e. The first kappa shape index (κ1) is 18.7. The minimum Gasteiger partial charge on any atom is -0.741 e. The van der Waals surface area contributed by atoms with Crippen molar-refractivity contribution in [3.8, 4) is 0 Å². The first-order chi connectivity index (χ1) is 8.61. The van der Waals surface area contributed by atoms with Crippen LogP contribution in [0.1, 0.15) is 39.5 Å². The minimum atomic E-state index is -6.09. The molecular weight excluding hydrogens is 283 g/mol. The summed E-state index contributed by atoms with van der Waals surface area (Å²) in [5.74, 6) is 1.05. The highest BCUT2D eigenvalue weighted by atomic mass is 32.2. The third-order valence-corrected chi connectivity index (χ3v) is 3.77. The zero-order valence-corrected chi connectivity index (χ0v) is 12.1. The smallest absolute Gasteiger partial charge is 0.485 e. The van der Waals surface area contributed by atoms with Crippen LogP contribution in [0.15, 0.2) is 0 Å². The van der Waals surface area contributed by atoms with E-state index in [-0.39, 0.29) is 0 Å². The van der Waals surface area contributed by atoms with Gasteiger partial charge in [-0.2, -0.15) is 13.2 Å². The highest BCUT2D eigenvalue weighted by Crippen LogP contribution is 2.20. The standard InChI is InChI=1S/C10H21N.CHF3O3S/c1-3-6-10-7-5-8-11(4-2)9-10;2-1(3,4)8(5,6)7/h10H,3-9H2,1-2H3;(H,5,6,7). The van der Waals surface area contributed by atoms with Crippen LogP contribution in [0.2, 0.25) is 0 Å². The Hall–Kier alpha value is -0.340. The van der Waals surface area contributed by atoms with Crippen LogP contribution in [0.3, 0.4) is 0 Å². The molecule has 116 valence electrons. The predicted octanol–water partition coefficient (Wildman–Crippen LogP) is 1.15. The van der Waals surface area contributed by atoms with Crippen molar-refractivity contribution in [1.29, 1.82) is 0 Å². The number of hydrogen-bond acceptors (Lipinski definition) is 3. The van der Waals surface area contributed by atoms with Crippen LogP contribution in [-0.2, 0) is 10.1 Å². The molecule has 0 aromatic carbocycles. The molecule has 0 amide bonds. The van der Waals surface area contributed by atoms with E-state index in [0.29, 0.717) is 0 Å².